The normalized spacial score (nSPS) is 12.1. The average Bonchev–Trinajstić information content (AvgIpc) is 2.62. The quantitative estimate of drug-likeness (QED) is 0.745. The summed E-state index contributed by atoms with van der Waals surface area (Å²) in [6.07, 6.45) is 5.62. The van der Waals surface area contributed by atoms with Crippen LogP contribution in [0.4, 0.5) is 0 Å². The lowest BCUT2D eigenvalue weighted by atomic mass is 10.0. The van der Waals surface area contributed by atoms with Gasteiger partial charge in [-0.3, -0.25) is 9.67 Å². The standard InChI is InChI=1S/C13H18N4/c1-5-7-11-13(10(6-2)9-15-3)12(8-14)17(4)16-11/h6,9H,5,7H2,1-4H3. The van der Waals surface area contributed by atoms with Crippen LogP contribution < -0.4 is 0 Å². The van der Waals surface area contributed by atoms with Gasteiger partial charge < -0.3 is 0 Å². The highest BCUT2D eigenvalue weighted by Crippen LogP contribution is 2.22. The summed E-state index contributed by atoms with van der Waals surface area (Å²) >= 11 is 0. The summed E-state index contributed by atoms with van der Waals surface area (Å²) in [5.74, 6) is 0. The Morgan fingerprint density at radius 2 is 2.29 bits per heavy atom. The van der Waals surface area contributed by atoms with Gasteiger partial charge in [0, 0.05) is 31.4 Å². The lowest BCUT2D eigenvalue weighted by Crippen LogP contribution is -1.96. The van der Waals surface area contributed by atoms with Crippen molar-refractivity contribution in [3.05, 3.63) is 23.0 Å². The Morgan fingerprint density at radius 1 is 1.59 bits per heavy atom. The van der Waals surface area contributed by atoms with Crippen molar-refractivity contribution in [2.24, 2.45) is 12.0 Å². The van der Waals surface area contributed by atoms with Crippen molar-refractivity contribution in [1.29, 1.82) is 5.26 Å². The summed E-state index contributed by atoms with van der Waals surface area (Å²) in [5, 5.41) is 13.6. The van der Waals surface area contributed by atoms with E-state index in [4.69, 9.17) is 0 Å². The first-order valence-electron chi connectivity index (χ1n) is 5.74. The van der Waals surface area contributed by atoms with Crippen LogP contribution in [0.5, 0.6) is 0 Å². The third-order valence-electron chi connectivity index (χ3n) is 2.58. The van der Waals surface area contributed by atoms with Gasteiger partial charge in [-0.1, -0.05) is 19.4 Å². The van der Waals surface area contributed by atoms with Gasteiger partial charge in [0.25, 0.3) is 0 Å². The van der Waals surface area contributed by atoms with E-state index in [0.717, 1.165) is 29.7 Å². The maximum Gasteiger partial charge on any atom is 0.146 e. The summed E-state index contributed by atoms with van der Waals surface area (Å²) in [6.45, 7) is 4.05. The van der Waals surface area contributed by atoms with Gasteiger partial charge in [-0.2, -0.15) is 10.4 Å². The van der Waals surface area contributed by atoms with Gasteiger partial charge in [0.05, 0.1) is 5.69 Å². The minimum Gasteiger partial charge on any atom is -0.296 e. The average molecular weight is 230 g/mol. The van der Waals surface area contributed by atoms with Gasteiger partial charge in [0.2, 0.25) is 0 Å². The molecule has 0 spiro atoms. The van der Waals surface area contributed by atoms with E-state index >= 15 is 0 Å². The first kappa shape index (κ1) is 13.2. The molecule has 0 bridgehead atoms. The predicted molar refractivity (Wildman–Crippen MR) is 70.0 cm³/mol. The van der Waals surface area contributed by atoms with Crippen LogP contribution in [-0.2, 0) is 13.5 Å². The van der Waals surface area contributed by atoms with Crippen molar-refractivity contribution in [2.45, 2.75) is 26.7 Å². The second kappa shape index (κ2) is 6.00. The molecule has 0 aliphatic carbocycles. The van der Waals surface area contributed by atoms with Crippen LogP contribution in [0.25, 0.3) is 5.57 Å². The number of aromatic nitrogens is 2. The van der Waals surface area contributed by atoms with Crippen LogP contribution in [0.15, 0.2) is 11.1 Å². The molecule has 0 aliphatic rings. The van der Waals surface area contributed by atoms with E-state index in [1.54, 1.807) is 25.0 Å². The molecule has 0 fully saturated rings. The van der Waals surface area contributed by atoms with Crippen LogP contribution in [0.2, 0.25) is 0 Å². The molecular formula is C13H18N4. The Labute approximate surface area is 102 Å². The molecule has 4 nitrogen and oxygen atoms in total. The molecule has 90 valence electrons. The molecule has 4 heteroatoms. The van der Waals surface area contributed by atoms with E-state index in [1.165, 1.54) is 0 Å². The number of rotatable bonds is 4. The van der Waals surface area contributed by atoms with Crippen LogP contribution in [0.3, 0.4) is 0 Å². The minimum absolute atomic E-state index is 0.599. The molecule has 0 aromatic carbocycles. The van der Waals surface area contributed by atoms with Gasteiger partial charge in [-0.15, -0.1) is 0 Å². The number of aliphatic imine (C=N–C) groups is 1. The zero-order chi connectivity index (χ0) is 12.8. The maximum atomic E-state index is 9.21. The molecule has 1 rings (SSSR count). The molecule has 1 heterocycles. The summed E-state index contributed by atoms with van der Waals surface area (Å²) in [7, 11) is 3.53. The Morgan fingerprint density at radius 3 is 2.76 bits per heavy atom. The third kappa shape index (κ3) is 2.62. The summed E-state index contributed by atoms with van der Waals surface area (Å²) < 4.78 is 1.65. The summed E-state index contributed by atoms with van der Waals surface area (Å²) in [5.41, 5.74) is 3.45. The van der Waals surface area contributed by atoms with Crippen LogP contribution in [0, 0.1) is 11.3 Å². The topological polar surface area (TPSA) is 54.0 Å². The Kier molecular flexibility index (Phi) is 4.65. The van der Waals surface area contributed by atoms with Gasteiger partial charge in [0.1, 0.15) is 11.8 Å². The highest BCUT2D eigenvalue weighted by atomic mass is 15.3. The van der Waals surface area contributed by atoms with E-state index < -0.39 is 0 Å². The monoisotopic (exact) mass is 230 g/mol. The number of nitriles is 1. The fourth-order valence-electron chi connectivity index (χ4n) is 1.85. The lowest BCUT2D eigenvalue weighted by molar-refractivity contribution is 0.725. The number of allylic oxidation sites excluding steroid dienone is 2. The molecule has 0 atom stereocenters. The SMILES string of the molecule is CC=C(C=NC)c1c(CCC)nn(C)c1C#N. The van der Waals surface area contributed by atoms with Crippen molar-refractivity contribution in [1.82, 2.24) is 9.78 Å². The first-order chi connectivity index (χ1) is 8.19. The first-order valence-corrected chi connectivity index (χ1v) is 5.74. The van der Waals surface area contributed by atoms with E-state index in [9.17, 15) is 5.26 Å². The van der Waals surface area contributed by atoms with E-state index in [1.807, 2.05) is 13.0 Å². The van der Waals surface area contributed by atoms with Gasteiger partial charge in [-0.05, 0) is 13.3 Å². The van der Waals surface area contributed by atoms with Gasteiger partial charge in [0.15, 0.2) is 0 Å². The zero-order valence-corrected chi connectivity index (χ0v) is 10.9. The molecule has 0 unspecified atom stereocenters. The molecule has 0 saturated heterocycles. The largest absolute Gasteiger partial charge is 0.296 e. The van der Waals surface area contributed by atoms with Gasteiger partial charge in [-0.25, -0.2) is 0 Å². The minimum atomic E-state index is 0.599. The van der Waals surface area contributed by atoms with Gasteiger partial charge >= 0.3 is 0 Å². The maximum absolute atomic E-state index is 9.21. The Balaban J connectivity index is 3.42. The number of nitrogens with zero attached hydrogens (tertiary/aromatic N) is 4. The van der Waals surface area contributed by atoms with E-state index in [-0.39, 0.29) is 0 Å². The third-order valence-corrected chi connectivity index (χ3v) is 2.58. The fourth-order valence-corrected chi connectivity index (χ4v) is 1.85. The molecule has 0 saturated carbocycles. The van der Waals surface area contributed by atoms with Crippen LogP contribution in [-0.4, -0.2) is 23.0 Å². The Hall–Kier alpha value is -1.89. The second-order valence-corrected chi connectivity index (χ2v) is 3.79. The predicted octanol–water partition coefficient (Wildman–Crippen LogP) is 2.35. The molecule has 0 aliphatic heterocycles. The Bertz CT molecular complexity index is 486. The van der Waals surface area contributed by atoms with Crippen molar-refractivity contribution >= 4 is 11.8 Å². The highest BCUT2D eigenvalue weighted by Gasteiger charge is 2.17. The smallest absolute Gasteiger partial charge is 0.146 e. The summed E-state index contributed by atoms with van der Waals surface area (Å²) in [6, 6.07) is 2.21. The van der Waals surface area contributed by atoms with Crippen molar-refractivity contribution in [2.75, 3.05) is 7.05 Å². The zero-order valence-electron chi connectivity index (χ0n) is 10.9. The van der Waals surface area contributed by atoms with Crippen molar-refractivity contribution in [3.8, 4) is 6.07 Å². The van der Waals surface area contributed by atoms with Crippen LogP contribution >= 0.6 is 0 Å². The second-order valence-electron chi connectivity index (χ2n) is 3.79. The number of hydrogen-bond donors (Lipinski definition) is 0. The molecule has 1 aromatic heterocycles. The molecule has 1 aromatic rings. The molecular weight excluding hydrogens is 212 g/mol. The molecule has 17 heavy (non-hydrogen) atoms. The van der Waals surface area contributed by atoms with E-state index in [0.29, 0.717) is 5.69 Å². The molecule has 0 radical (unpaired) electrons. The lowest BCUT2D eigenvalue weighted by Gasteiger charge is -2.02. The number of aryl methyl sites for hydroxylation is 2. The summed E-state index contributed by atoms with van der Waals surface area (Å²) in [4.78, 5) is 4.03. The molecule has 0 amide bonds. The number of hydrogen-bond acceptors (Lipinski definition) is 3. The van der Waals surface area contributed by atoms with Crippen molar-refractivity contribution in [3.63, 3.8) is 0 Å². The van der Waals surface area contributed by atoms with Crippen molar-refractivity contribution < 1.29 is 0 Å². The van der Waals surface area contributed by atoms with E-state index in [2.05, 4.69) is 23.1 Å². The highest BCUT2D eigenvalue weighted by molar-refractivity contribution is 6.10. The fraction of sp³-hybridized carbons (Fsp3) is 0.462. The molecule has 0 N–H and O–H groups in total. The van der Waals surface area contributed by atoms with Crippen LogP contribution in [0.1, 0.15) is 37.2 Å².